The standard InChI is InChI=1S/C26H26N2O5/c1-2-32-26(31)16-6-5-11-28(14-16)15-20-22(29)10-9-19-24(30)23(33-25(19)20)12-17-13-27-21-8-4-3-7-18(17)21/h3-4,7-10,12-13,16,27,29H,2,5-6,11,14-15H2,1H3. The summed E-state index contributed by atoms with van der Waals surface area (Å²) in [5.74, 6) is 0.124. The zero-order valence-electron chi connectivity index (χ0n) is 18.5. The van der Waals surface area contributed by atoms with Crippen LogP contribution in [0.4, 0.5) is 0 Å². The fourth-order valence-corrected chi connectivity index (χ4v) is 4.68. The number of aromatic nitrogens is 1. The minimum absolute atomic E-state index is 0.0770. The SMILES string of the molecule is CCOC(=O)C1CCCN(Cc2c(O)ccc3c2OC(=Cc2c[nH]c4ccccc24)C3=O)C1. The maximum absolute atomic E-state index is 13.1. The van der Waals surface area contributed by atoms with Crippen LogP contribution in [0.25, 0.3) is 17.0 Å². The number of rotatable bonds is 5. The third-order valence-corrected chi connectivity index (χ3v) is 6.33. The van der Waals surface area contributed by atoms with E-state index in [1.165, 1.54) is 6.07 Å². The molecule has 3 heterocycles. The first-order valence-corrected chi connectivity index (χ1v) is 11.3. The number of carbonyl (C=O) groups is 2. The number of aromatic hydroxyl groups is 1. The molecule has 1 fully saturated rings. The van der Waals surface area contributed by atoms with Crippen molar-refractivity contribution < 1.29 is 24.2 Å². The Labute approximate surface area is 191 Å². The van der Waals surface area contributed by atoms with E-state index in [1.807, 2.05) is 30.5 Å². The molecule has 5 rings (SSSR count). The van der Waals surface area contributed by atoms with Gasteiger partial charge in [0, 0.05) is 35.8 Å². The number of H-pyrrole nitrogens is 1. The van der Waals surface area contributed by atoms with E-state index in [0.717, 1.165) is 35.9 Å². The predicted molar refractivity (Wildman–Crippen MR) is 124 cm³/mol. The maximum atomic E-state index is 13.1. The smallest absolute Gasteiger partial charge is 0.310 e. The van der Waals surface area contributed by atoms with E-state index in [4.69, 9.17) is 9.47 Å². The predicted octanol–water partition coefficient (Wildman–Crippen LogP) is 4.26. The van der Waals surface area contributed by atoms with E-state index in [9.17, 15) is 14.7 Å². The van der Waals surface area contributed by atoms with Crippen LogP contribution < -0.4 is 4.74 Å². The number of fused-ring (bicyclic) bond motifs is 2. The van der Waals surface area contributed by atoms with Gasteiger partial charge in [-0.2, -0.15) is 0 Å². The second-order valence-electron chi connectivity index (χ2n) is 8.50. The third kappa shape index (κ3) is 4.00. The molecule has 3 aromatic rings. The highest BCUT2D eigenvalue weighted by Gasteiger charge is 2.33. The molecule has 0 radical (unpaired) electrons. The molecule has 0 bridgehead atoms. The summed E-state index contributed by atoms with van der Waals surface area (Å²) in [7, 11) is 0. The Hall–Kier alpha value is -3.58. The second kappa shape index (κ2) is 8.75. The Morgan fingerprint density at radius 2 is 2.15 bits per heavy atom. The van der Waals surface area contributed by atoms with Gasteiger partial charge in [-0.3, -0.25) is 14.5 Å². The number of phenols is 1. The van der Waals surface area contributed by atoms with E-state index in [2.05, 4.69) is 9.88 Å². The number of aromatic amines is 1. The van der Waals surface area contributed by atoms with Gasteiger partial charge in [-0.25, -0.2) is 0 Å². The van der Waals surface area contributed by atoms with Crippen LogP contribution in [-0.2, 0) is 16.1 Å². The molecule has 2 aromatic carbocycles. The van der Waals surface area contributed by atoms with Gasteiger partial charge in [0.1, 0.15) is 11.5 Å². The number of benzene rings is 2. The number of allylic oxidation sites excluding steroid dienone is 1. The lowest BCUT2D eigenvalue weighted by Crippen LogP contribution is -2.39. The lowest BCUT2D eigenvalue weighted by Gasteiger charge is -2.31. The van der Waals surface area contributed by atoms with E-state index in [-0.39, 0.29) is 29.2 Å². The van der Waals surface area contributed by atoms with Crippen molar-refractivity contribution in [3.63, 3.8) is 0 Å². The first-order valence-electron chi connectivity index (χ1n) is 11.3. The molecule has 2 aliphatic rings. The van der Waals surface area contributed by atoms with Crippen molar-refractivity contribution in [2.45, 2.75) is 26.3 Å². The number of Topliss-reactive ketones (excluding diaryl/α,β-unsaturated/α-hetero) is 1. The average molecular weight is 447 g/mol. The van der Waals surface area contributed by atoms with Gasteiger partial charge < -0.3 is 19.6 Å². The highest BCUT2D eigenvalue weighted by Crippen LogP contribution is 2.41. The van der Waals surface area contributed by atoms with Crippen LogP contribution in [0.5, 0.6) is 11.5 Å². The van der Waals surface area contributed by atoms with Crippen molar-refractivity contribution >= 4 is 28.7 Å². The van der Waals surface area contributed by atoms with Crippen LogP contribution in [0.1, 0.15) is 41.3 Å². The van der Waals surface area contributed by atoms with Crippen LogP contribution in [0, 0.1) is 5.92 Å². The van der Waals surface area contributed by atoms with Gasteiger partial charge >= 0.3 is 5.97 Å². The quantitative estimate of drug-likeness (QED) is 0.449. The number of ether oxygens (including phenoxy) is 2. The van der Waals surface area contributed by atoms with Crippen molar-refractivity contribution in [2.24, 2.45) is 5.92 Å². The minimum atomic E-state index is -0.209. The molecule has 0 aliphatic carbocycles. The zero-order chi connectivity index (χ0) is 22.9. The summed E-state index contributed by atoms with van der Waals surface area (Å²) in [5.41, 5.74) is 2.84. The molecule has 33 heavy (non-hydrogen) atoms. The molecular formula is C26H26N2O5. The fourth-order valence-electron chi connectivity index (χ4n) is 4.68. The largest absolute Gasteiger partial charge is 0.507 e. The number of nitrogens with one attached hydrogen (secondary N) is 1. The zero-order valence-corrected chi connectivity index (χ0v) is 18.5. The maximum Gasteiger partial charge on any atom is 0.310 e. The normalized spacial score (nSPS) is 19.6. The van der Waals surface area contributed by atoms with Gasteiger partial charge in [-0.1, -0.05) is 18.2 Å². The van der Waals surface area contributed by atoms with Crippen LogP contribution in [-0.4, -0.2) is 46.4 Å². The monoisotopic (exact) mass is 446 g/mol. The topological polar surface area (TPSA) is 91.9 Å². The Kier molecular flexibility index (Phi) is 5.64. The van der Waals surface area contributed by atoms with E-state index in [0.29, 0.717) is 36.6 Å². The van der Waals surface area contributed by atoms with Gasteiger partial charge in [0.05, 0.1) is 23.7 Å². The first kappa shape index (κ1) is 21.3. The number of likely N-dealkylation sites (tertiary alicyclic amines) is 1. The van der Waals surface area contributed by atoms with E-state index in [1.54, 1.807) is 19.1 Å². The highest BCUT2D eigenvalue weighted by molar-refractivity contribution is 6.15. The number of carbonyl (C=O) groups excluding carboxylic acids is 2. The molecular weight excluding hydrogens is 420 g/mol. The van der Waals surface area contributed by atoms with Crippen molar-refractivity contribution in [2.75, 3.05) is 19.7 Å². The molecule has 0 amide bonds. The molecule has 0 saturated carbocycles. The first-order chi connectivity index (χ1) is 16.0. The summed E-state index contributed by atoms with van der Waals surface area (Å²) in [5, 5.41) is 11.6. The van der Waals surface area contributed by atoms with Gasteiger partial charge in [-0.05, 0) is 50.6 Å². The number of hydrogen-bond acceptors (Lipinski definition) is 6. The summed E-state index contributed by atoms with van der Waals surface area (Å²) in [6, 6.07) is 11.0. The van der Waals surface area contributed by atoms with E-state index < -0.39 is 0 Å². The Bertz CT molecular complexity index is 1260. The summed E-state index contributed by atoms with van der Waals surface area (Å²) in [6.45, 7) is 3.90. The Morgan fingerprint density at radius 3 is 3.00 bits per heavy atom. The average Bonchev–Trinajstić information content (AvgIpc) is 3.37. The molecule has 7 heteroatoms. The summed E-state index contributed by atoms with van der Waals surface area (Å²) >= 11 is 0. The molecule has 1 atom stereocenters. The van der Waals surface area contributed by atoms with Gasteiger partial charge in [0.2, 0.25) is 5.78 Å². The number of para-hydroxylation sites is 1. The van der Waals surface area contributed by atoms with Crippen LogP contribution in [0.2, 0.25) is 0 Å². The van der Waals surface area contributed by atoms with Crippen molar-refractivity contribution in [1.29, 1.82) is 0 Å². The van der Waals surface area contributed by atoms with Crippen LogP contribution in [0.3, 0.4) is 0 Å². The molecule has 2 aliphatic heterocycles. The molecule has 1 unspecified atom stereocenters. The number of piperidine rings is 1. The van der Waals surface area contributed by atoms with Crippen molar-refractivity contribution in [3.8, 4) is 11.5 Å². The highest BCUT2D eigenvalue weighted by atomic mass is 16.5. The summed E-state index contributed by atoms with van der Waals surface area (Å²) < 4.78 is 11.2. The lowest BCUT2D eigenvalue weighted by molar-refractivity contribution is -0.150. The van der Waals surface area contributed by atoms with Crippen molar-refractivity contribution in [3.05, 3.63) is 65.0 Å². The minimum Gasteiger partial charge on any atom is -0.507 e. The lowest BCUT2D eigenvalue weighted by atomic mass is 9.97. The summed E-state index contributed by atoms with van der Waals surface area (Å²) in [6.07, 6.45) is 5.24. The number of phenolic OH excluding ortho intramolecular Hbond substituents is 1. The number of esters is 1. The fraction of sp³-hybridized carbons (Fsp3) is 0.308. The molecule has 7 nitrogen and oxygen atoms in total. The Balaban J connectivity index is 1.41. The number of ketones is 1. The summed E-state index contributed by atoms with van der Waals surface area (Å²) in [4.78, 5) is 30.6. The number of hydrogen-bond donors (Lipinski definition) is 2. The molecule has 1 saturated heterocycles. The Morgan fingerprint density at radius 1 is 1.30 bits per heavy atom. The third-order valence-electron chi connectivity index (χ3n) is 6.33. The van der Waals surface area contributed by atoms with Gasteiger partial charge in [0.15, 0.2) is 5.76 Å². The van der Waals surface area contributed by atoms with Gasteiger partial charge in [-0.15, -0.1) is 0 Å². The van der Waals surface area contributed by atoms with Crippen LogP contribution in [0.15, 0.2) is 48.4 Å². The van der Waals surface area contributed by atoms with E-state index >= 15 is 0 Å². The van der Waals surface area contributed by atoms with Crippen LogP contribution >= 0.6 is 0 Å². The van der Waals surface area contributed by atoms with Crippen molar-refractivity contribution in [1.82, 2.24) is 9.88 Å². The number of nitrogens with zero attached hydrogens (tertiary/aromatic N) is 1. The van der Waals surface area contributed by atoms with Gasteiger partial charge in [0.25, 0.3) is 0 Å². The molecule has 2 N–H and O–H groups in total. The molecule has 0 spiro atoms. The molecule has 170 valence electrons. The second-order valence-corrected chi connectivity index (χ2v) is 8.50. The molecule has 1 aromatic heterocycles.